The summed E-state index contributed by atoms with van der Waals surface area (Å²) in [6, 6.07) is 31.5. The van der Waals surface area contributed by atoms with Crippen molar-refractivity contribution in [1.82, 2.24) is 0 Å². The molecule has 0 unspecified atom stereocenters. The molecule has 0 aliphatic rings. The maximum Gasteiger partial charge on any atom is 0.338 e. The first kappa shape index (κ1) is 29.3. The summed E-state index contributed by atoms with van der Waals surface area (Å²) >= 11 is 0. The first-order chi connectivity index (χ1) is 19.4. The smallest absolute Gasteiger partial charge is 0.338 e. The Hall–Kier alpha value is -5.24. The normalized spacial score (nSPS) is 9.85. The Balaban J connectivity index is 0.000000267. The van der Waals surface area contributed by atoms with Gasteiger partial charge in [-0.2, -0.15) is 0 Å². The Morgan fingerprint density at radius 3 is 1.10 bits per heavy atom. The molecule has 0 heterocycles. The quantitative estimate of drug-likeness (QED) is 0.208. The predicted octanol–water partition coefficient (Wildman–Crippen LogP) is 5.66. The molecular formula is C32H28O8. The molecule has 0 fully saturated rings. The van der Waals surface area contributed by atoms with E-state index in [1.807, 2.05) is 60.7 Å². The third kappa shape index (κ3) is 8.66. The van der Waals surface area contributed by atoms with Gasteiger partial charge in [-0.05, 0) is 47.5 Å². The second kappa shape index (κ2) is 15.2. The van der Waals surface area contributed by atoms with Gasteiger partial charge in [0.15, 0.2) is 0 Å². The zero-order valence-corrected chi connectivity index (χ0v) is 22.1. The van der Waals surface area contributed by atoms with E-state index >= 15 is 0 Å². The first-order valence-corrected chi connectivity index (χ1v) is 12.2. The van der Waals surface area contributed by atoms with Crippen molar-refractivity contribution in [2.45, 2.75) is 13.2 Å². The third-order valence-electron chi connectivity index (χ3n) is 5.52. The average Bonchev–Trinajstić information content (AvgIpc) is 3.03. The van der Waals surface area contributed by atoms with Gasteiger partial charge in [0.1, 0.15) is 13.2 Å². The van der Waals surface area contributed by atoms with E-state index in [4.69, 9.17) is 9.47 Å². The van der Waals surface area contributed by atoms with Crippen molar-refractivity contribution in [2.24, 2.45) is 0 Å². The minimum atomic E-state index is -0.550. The van der Waals surface area contributed by atoms with Crippen molar-refractivity contribution in [3.8, 4) is 0 Å². The molecule has 0 aliphatic carbocycles. The Morgan fingerprint density at radius 1 is 0.450 bits per heavy atom. The van der Waals surface area contributed by atoms with Gasteiger partial charge < -0.3 is 18.9 Å². The van der Waals surface area contributed by atoms with Gasteiger partial charge in [0.2, 0.25) is 0 Å². The van der Waals surface area contributed by atoms with Gasteiger partial charge in [-0.15, -0.1) is 0 Å². The summed E-state index contributed by atoms with van der Waals surface area (Å²) in [4.78, 5) is 46.6. The lowest BCUT2D eigenvalue weighted by molar-refractivity contribution is 0.0458. The molecule has 0 saturated heterocycles. The summed E-state index contributed by atoms with van der Waals surface area (Å²) < 4.78 is 19.6. The van der Waals surface area contributed by atoms with Crippen LogP contribution in [0.25, 0.3) is 0 Å². The van der Waals surface area contributed by atoms with Crippen LogP contribution < -0.4 is 0 Å². The monoisotopic (exact) mass is 540 g/mol. The number of benzene rings is 4. The molecule has 4 aromatic rings. The number of rotatable bonds is 8. The van der Waals surface area contributed by atoms with E-state index in [1.165, 1.54) is 26.4 Å². The maximum atomic E-state index is 12.1. The molecule has 0 aromatic heterocycles. The van der Waals surface area contributed by atoms with Gasteiger partial charge in [-0.1, -0.05) is 72.8 Å². The van der Waals surface area contributed by atoms with Crippen LogP contribution in [0.5, 0.6) is 0 Å². The lowest BCUT2D eigenvalue weighted by Crippen LogP contribution is -2.11. The fourth-order valence-corrected chi connectivity index (χ4v) is 3.41. The van der Waals surface area contributed by atoms with E-state index in [0.29, 0.717) is 11.1 Å². The van der Waals surface area contributed by atoms with E-state index in [2.05, 4.69) is 9.47 Å². The molecule has 0 amide bonds. The fraction of sp³-hybridized carbons (Fsp3) is 0.125. The fourth-order valence-electron chi connectivity index (χ4n) is 3.41. The Morgan fingerprint density at radius 2 is 0.775 bits per heavy atom. The number of esters is 4. The van der Waals surface area contributed by atoms with Gasteiger partial charge in [0, 0.05) is 0 Å². The molecule has 8 heteroatoms. The number of carbonyl (C=O) groups excluding carboxylic acids is 4. The third-order valence-corrected chi connectivity index (χ3v) is 5.52. The van der Waals surface area contributed by atoms with Gasteiger partial charge in [-0.3, -0.25) is 0 Å². The standard InChI is InChI=1S/C22H18O4.C10H10O4/c23-21(25-15-17-7-3-1-4-8-17)19-11-13-20(14-12-19)22(24)26-16-18-9-5-2-6-10-18;1-13-9(11)7-5-3-4-6-8(7)10(12)14-2/h1-14H,15-16H2;3-6H,1-2H3. The molecule has 8 nitrogen and oxygen atoms in total. The molecule has 0 bridgehead atoms. The highest BCUT2D eigenvalue weighted by Gasteiger charge is 2.17. The molecule has 0 radical (unpaired) electrons. The zero-order chi connectivity index (χ0) is 28.7. The van der Waals surface area contributed by atoms with Crippen LogP contribution in [0.15, 0.2) is 109 Å². The highest BCUT2D eigenvalue weighted by atomic mass is 16.5. The Bertz CT molecular complexity index is 1310. The lowest BCUT2D eigenvalue weighted by atomic mass is 10.1. The number of carbonyl (C=O) groups is 4. The van der Waals surface area contributed by atoms with Crippen molar-refractivity contribution in [1.29, 1.82) is 0 Å². The van der Waals surface area contributed by atoms with Crippen LogP contribution in [-0.4, -0.2) is 38.1 Å². The van der Waals surface area contributed by atoms with Crippen LogP contribution in [0.3, 0.4) is 0 Å². The molecule has 0 atom stereocenters. The van der Waals surface area contributed by atoms with Crippen molar-refractivity contribution in [3.63, 3.8) is 0 Å². The van der Waals surface area contributed by atoms with E-state index < -0.39 is 23.9 Å². The van der Waals surface area contributed by atoms with E-state index in [9.17, 15) is 19.2 Å². The van der Waals surface area contributed by atoms with Gasteiger partial charge >= 0.3 is 23.9 Å². The Labute approximate surface area is 232 Å². The van der Waals surface area contributed by atoms with E-state index in [-0.39, 0.29) is 24.3 Å². The van der Waals surface area contributed by atoms with Crippen LogP contribution in [0.1, 0.15) is 52.6 Å². The average molecular weight is 541 g/mol. The molecule has 4 aromatic carbocycles. The molecule has 0 spiro atoms. The van der Waals surface area contributed by atoms with Crippen LogP contribution in [0.2, 0.25) is 0 Å². The SMILES string of the molecule is COC(=O)c1ccccc1C(=O)OC.O=C(OCc1ccccc1)c1ccc(C(=O)OCc2ccccc2)cc1. The summed E-state index contributed by atoms with van der Waals surface area (Å²) in [7, 11) is 2.52. The van der Waals surface area contributed by atoms with Crippen molar-refractivity contribution < 1.29 is 38.1 Å². The maximum absolute atomic E-state index is 12.1. The minimum absolute atomic E-state index is 0.209. The predicted molar refractivity (Wildman–Crippen MR) is 147 cm³/mol. The molecule has 0 saturated carbocycles. The molecule has 204 valence electrons. The highest BCUT2D eigenvalue weighted by molar-refractivity contribution is 6.03. The highest BCUT2D eigenvalue weighted by Crippen LogP contribution is 2.12. The van der Waals surface area contributed by atoms with Crippen LogP contribution in [0.4, 0.5) is 0 Å². The van der Waals surface area contributed by atoms with Crippen LogP contribution in [-0.2, 0) is 32.2 Å². The first-order valence-electron chi connectivity index (χ1n) is 12.2. The van der Waals surface area contributed by atoms with E-state index in [1.54, 1.807) is 36.4 Å². The lowest BCUT2D eigenvalue weighted by Gasteiger charge is -2.07. The molecule has 0 aliphatic heterocycles. The molecule has 40 heavy (non-hydrogen) atoms. The largest absolute Gasteiger partial charge is 0.465 e. The summed E-state index contributed by atoms with van der Waals surface area (Å²) in [6.07, 6.45) is 0. The van der Waals surface area contributed by atoms with Gasteiger partial charge in [0.05, 0.1) is 36.5 Å². The van der Waals surface area contributed by atoms with E-state index in [0.717, 1.165) is 11.1 Å². The Kier molecular flexibility index (Phi) is 11.2. The number of ether oxygens (including phenoxy) is 4. The molecular weight excluding hydrogens is 512 g/mol. The second-order valence-corrected chi connectivity index (χ2v) is 8.23. The van der Waals surface area contributed by atoms with Crippen LogP contribution in [0, 0.1) is 0 Å². The van der Waals surface area contributed by atoms with Crippen molar-refractivity contribution >= 4 is 23.9 Å². The number of hydrogen-bond acceptors (Lipinski definition) is 8. The van der Waals surface area contributed by atoms with Crippen molar-refractivity contribution in [3.05, 3.63) is 143 Å². The molecule has 0 N–H and O–H groups in total. The summed E-state index contributed by atoms with van der Waals surface area (Å²) in [5.74, 6) is -1.96. The topological polar surface area (TPSA) is 105 Å². The van der Waals surface area contributed by atoms with Crippen LogP contribution >= 0.6 is 0 Å². The number of methoxy groups -OCH3 is 2. The second-order valence-electron chi connectivity index (χ2n) is 8.23. The minimum Gasteiger partial charge on any atom is -0.465 e. The summed E-state index contributed by atoms with van der Waals surface area (Å²) in [5, 5.41) is 0. The summed E-state index contributed by atoms with van der Waals surface area (Å²) in [5.41, 5.74) is 3.04. The summed E-state index contributed by atoms with van der Waals surface area (Å²) in [6.45, 7) is 0.418. The van der Waals surface area contributed by atoms with Gasteiger partial charge in [0.25, 0.3) is 0 Å². The molecule has 4 rings (SSSR count). The number of hydrogen-bond donors (Lipinski definition) is 0. The zero-order valence-electron chi connectivity index (χ0n) is 22.1. The van der Waals surface area contributed by atoms with Crippen molar-refractivity contribution in [2.75, 3.05) is 14.2 Å². The van der Waals surface area contributed by atoms with Gasteiger partial charge in [-0.25, -0.2) is 19.2 Å².